The summed E-state index contributed by atoms with van der Waals surface area (Å²) in [6, 6.07) is 8.84. The van der Waals surface area contributed by atoms with E-state index in [0.717, 1.165) is 5.56 Å². The van der Waals surface area contributed by atoms with Crippen LogP contribution in [0.3, 0.4) is 0 Å². The number of methoxy groups -OCH3 is 2. The highest BCUT2D eigenvalue weighted by Gasteiger charge is 2.18. The number of esters is 1. The molecule has 0 aliphatic carbocycles. The first-order valence-electron chi connectivity index (χ1n) is 8.24. The summed E-state index contributed by atoms with van der Waals surface area (Å²) in [5.74, 6) is 0.325. The molecule has 0 aliphatic heterocycles. The third-order valence-corrected chi connectivity index (χ3v) is 4.12. The van der Waals surface area contributed by atoms with Crippen LogP contribution >= 0.6 is 0 Å². The van der Waals surface area contributed by atoms with Gasteiger partial charge in [0.05, 0.1) is 20.4 Å². The number of carbonyl (C=O) groups is 2. The molecule has 0 atom stereocenters. The zero-order valence-corrected chi connectivity index (χ0v) is 15.3. The molecule has 0 radical (unpaired) electrons. The molecular formula is C19H20N4O4. The van der Waals surface area contributed by atoms with E-state index in [-0.39, 0.29) is 12.5 Å². The average Bonchev–Trinajstić information content (AvgIpc) is 3.34. The molecule has 3 rings (SSSR count). The van der Waals surface area contributed by atoms with E-state index in [2.05, 4.69) is 10.4 Å². The van der Waals surface area contributed by atoms with Crippen LogP contribution in [0.15, 0.2) is 48.9 Å². The predicted molar refractivity (Wildman–Crippen MR) is 98.0 cm³/mol. The summed E-state index contributed by atoms with van der Waals surface area (Å²) in [7, 11) is 4.56. The molecule has 0 unspecified atom stereocenters. The summed E-state index contributed by atoms with van der Waals surface area (Å²) in [5.41, 5.74) is 1.51. The second-order valence-corrected chi connectivity index (χ2v) is 5.80. The van der Waals surface area contributed by atoms with Crippen molar-refractivity contribution in [3.63, 3.8) is 0 Å². The minimum atomic E-state index is -0.498. The number of nitrogens with zero attached hydrogens (tertiary/aromatic N) is 3. The van der Waals surface area contributed by atoms with Crippen LogP contribution in [-0.4, -0.2) is 40.4 Å². The molecule has 0 saturated carbocycles. The predicted octanol–water partition coefficient (Wildman–Crippen LogP) is 1.94. The van der Waals surface area contributed by atoms with Crippen LogP contribution in [0.5, 0.6) is 5.75 Å². The van der Waals surface area contributed by atoms with E-state index in [1.165, 1.54) is 20.4 Å². The van der Waals surface area contributed by atoms with E-state index in [0.29, 0.717) is 22.7 Å². The number of rotatable bonds is 6. The molecule has 8 nitrogen and oxygen atoms in total. The summed E-state index contributed by atoms with van der Waals surface area (Å²) < 4.78 is 13.4. The van der Waals surface area contributed by atoms with Gasteiger partial charge in [0.1, 0.15) is 22.7 Å². The van der Waals surface area contributed by atoms with Crippen LogP contribution in [-0.2, 0) is 18.3 Å². The Kier molecular flexibility index (Phi) is 5.25. The molecular weight excluding hydrogens is 348 g/mol. The molecule has 1 aromatic carbocycles. The average molecular weight is 368 g/mol. The Hall–Kier alpha value is -3.55. The smallest absolute Gasteiger partial charge is 0.341 e. The molecule has 0 saturated heterocycles. The van der Waals surface area contributed by atoms with Gasteiger partial charge in [-0.2, -0.15) is 5.10 Å². The van der Waals surface area contributed by atoms with Gasteiger partial charge in [0.2, 0.25) is 0 Å². The fourth-order valence-electron chi connectivity index (χ4n) is 2.79. The topological polar surface area (TPSA) is 87.4 Å². The van der Waals surface area contributed by atoms with Crippen molar-refractivity contribution in [1.29, 1.82) is 0 Å². The largest absolute Gasteiger partial charge is 0.496 e. The molecule has 0 spiro atoms. The van der Waals surface area contributed by atoms with E-state index >= 15 is 0 Å². The molecule has 2 aromatic heterocycles. The number of benzene rings is 1. The molecule has 1 N–H and O–H groups in total. The number of ether oxygens (including phenoxy) is 2. The zero-order valence-electron chi connectivity index (χ0n) is 15.3. The van der Waals surface area contributed by atoms with Crippen molar-refractivity contribution < 1.29 is 19.1 Å². The molecule has 3 aromatic rings. The minimum absolute atomic E-state index is 0.243. The van der Waals surface area contributed by atoms with Gasteiger partial charge >= 0.3 is 5.97 Å². The van der Waals surface area contributed by atoms with Gasteiger partial charge in [-0.15, -0.1) is 0 Å². The molecule has 27 heavy (non-hydrogen) atoms. The first-order chi connectivity index (χ1) is 13.0. The fraction of sp³-hybridized carbons (Fsp3) is 0.211. The van der Waals surface area contributed by atoms with E-state index in [1.807, 2.05) is 29.1 Å². The standard InChI is InChI=1S/C19H20N4O4/c1-22-18(23-8-4-5-9-23)15(12-21-22)17(24)20-11-13-6-7-16(26-2)14(10-13)19(25)27-3/h4-10,12H,11H2,1-3H3,(H,20,24). The van der Waals surface area contributed by atoms with Gasteiger partial charge in [-0.3, -0.25) is 9.48 Å². The fourth-order valence-corrected chi connectivity index (χ4v) is 2.79. The van der Waals surface area contributed by atoms with E-state index in [1.54, 1.807) is 29.9 Å². The summed E-state index contributed by atoms with van der Waals surface area (Å²) in [6.07, 6.45) is 5.22. The first-order valence-corrected chi connectivity index (χ1v) is 8.24. The lowest BCUT2D eigenvalue weighted by Gasteiger charge is -2.11. The van der Waals surface area contributed by atoms with E-state index in [4.69, 9.17) is 9.47 Å². The highest BCUT2D eigenvalue weighted by atomic mass is 16.5. The van der Waals surface area contributed by atoms with E-state index < -0.39 is 5.97 Å². The Morgan fingerprint density at radius 1 is 1.15 bits per heavy atom. The number of aryl methyl sites for hydroxylation is 1. The van der Waals surface area contributed by atoms with Crippen LogP contribution in [0.1, 0.15) is 26.3 Å². The Bertz CT molecular complexity index is 960. The maximum Gasteiger partial charge on any atom is 0.341 e. The number of carbonyl (C=O) groups excluding carboxylic acids is 2. The number of hydrogen-bond acceptors (Lipinski definition) is 5. The van der Waals surface area contributed by atoms with Crippen molar-refractivity contribution in [3.05, 3.63) is 65.6 Å². The summed E-state index contributed by atoms with van der Waals surface area (Å²) in [6.45, 7) is 0.243. The molecule has 0 fully saturated rings. The van der Waals surface area contributed by atoms with Crippen molar-refractivity contribution in [3.8, 4) is 11.6 Å². The lowest BCUT2D eigenvalue weighted by atomic mass is 10.1. The zero-order chi connectivity index (χ0) is 19.4. The number of hydrogen-bond donors (Lipinski definition) is 1. The highest BCUT2D eigenvalue weighted by molar-refractivity contribution is 5.97. The third-order valence-electron chi connectivity index (χ3n) is 4.12. The molecule has 8 heteroatoms. The number of nitrogens with one attached hydrogen (secondary N) is 1. The Labute approximate surface area is 156 Å². The van der Waals surface area contributed by atoms with Crippen LogP contribution in [0.25, 0.3) is 5.82 Å². The Balaban J connectivity index is 1.78. The second kappa shape index (κ2) is 7.77. The van der Waals surface area contributed by atoms with Crippen LogP contribution < -0.4 is 10.1 Å². The lowest BCUT2D eigenvalue weighted by molar-refractivity contribution is 0.0597. The monoisotopic (exact) mass is 368 g/mol. The van der Waals surface area contributed by atoms with Crippen molar-refractivity contribution >= 4 is 11.9 Å². The van der Waals surface area contributed by atoms with Gasteiger partial charge in [-0.25, -0.2) is 4.79 Å². The van der Waals surface area contributed by atoms with Gasteiger partial charge < -0.3 is 19.4 Å². The summed E-state index contributed by atoms with van der Waals surface area (Å²) in [4.78, 5) is 24.5. The summed E-state index contributed by atoms with van der Waals surface area (Å²) >= 11 is 0. The molecule has 140 valence electrons. The maximum absolute atomic E-state index is 12.7. The SMILES string of the molecule is COC(=O)c1cc(CNC(=O)c2cnn(C)c2-n2cccc2)ccc1OC. The second-order valence-electron chi connectivity index (χ2n) is 5.80. The minimum Gasteiger partial charge on any atom is -0.496 e. The Morgan fingerprint density at radius 3 is 2.56 bits per heavy atom. The van der Waals surface area contributed by atoms with Crippen LogP contribution in [0, 0.1) is 0 Å². The molecule has 0 bridgehead atoms. The normalized spacial score (nSPS) is 10.5. The van der Waals surface area contributed by atoms with Crippen molar-refractivity contribution in [2.75, 3.05) is 14.2 Å². The van der Waals surface area contributed by atoms with Crippen molar-refractivity contribution in [2.24, 2.45) is 7.05 Å². The maximum atomic E-state index is 12.7. The van der Waals surface area contributed by atoms with Gasteiger partial charge in [-0.05, 0) is 29.8 Å². The number of aromatic nitrogens is 3. The van der Waals surface area contributed by atoms with Crippen LogP contribution in [0.2, 0.25) is 0 Å². The highest BCUT2D eigenvalue weighted by Crippen LogP contribution is 2.21. The van der Waals surface area contributed by atoms with Gasteiger partial charge in [-0.1, -0.05) is 6.07 Å². The lowest BCUT2D eigenvalue weighted by Crippen LogP contribution is -2.24. The summed E-state index contributed by atoms with van der Waals surface area (Å²) in [5, 5.41) is 7.03. The quantitative estimate of drug-likeness (QED) is 0.672. The molecule has 1 amide bonds. The van der Waals surface area contributed by atoms with Crippen LogP contribution in [0.4, 0.5) is 0 Å². The van der Waals surface area contributed by atoms with E-state index in [9.17, 15) is 9.59 Å². The van der Waals surface area contributed by atoms with Crippen molar-refractivity contribution in [1.82, 2.24) is 19.7 Å². The van der Waals surface area contributed by atoms with Gasteiger partial charge in [0, 0.05) is 26.0 Å². The first kappa shape index (κ1) is 18.2. The number of amides is 1. The molecule has 0 aliphatic rings. The molecule has 2 heterocycles. The van der Waals surface area contributed by atoms with Gasteiger partial charge in [0.25, 0.3) is 5.91 Å². The Morgan fingerprint density at radius 2 is 1.89 bits per heavy atom. The van der Waals surface area contributed by atoms with Crippen molar-refractivity contribution in [2.45, 2.75) is 6.54 Å². The third kappa shape index (κ3) is 3.69. The van der Waals surface area contributed by atoms with Gasteiger partial charge in [0.15, 0.2) is 0 Å².